The van der Waals surface area contributed by atoms with E-state index in [2.05, 4.69) is 5.32 Å². The number of benzene rings is 1. The molecule has 1 saturated heterocycles. The summed E-state index contributed by atoms with van der Waals surface area (Å²) < 4.78 is 32.5. The van der Waals surface area contributed by atoms with E-state index in [9.17, 15) is 13.2 Å². The molecule has 0 spiro atoms. The van der Waals surface area contributed by atoms with Crippen molar-refractivity contribution in [2.45, 2.75) is 51.0 Å². The summed E-state index contributed by atoms with van der Waals surface area (Å²) in [5, 5.41) is 2.90. The predicted octanol–water partition coefficient (Wildman–Crippen LogP) is 2.33. The van der Waals surface area contributed by atoms with Gasteiger partial charge in [0.15, 0.2) is 0 Å². The van der Waals surface area contributed by atoms with Crippen molar-refractivity contribution in [1.82, 2.24) is 9.62 Å². The Morgan fingerprint density at radius 2 is 2.00 bits per heavy atom. The first-order chi connectivity index (χ1) is 12.3. The van der Waals surface area contributed by atoms with Gasteiger partial charge in [0.2, 0.25) is 15.9 Å². The van der Waals surface area contributed by atoms with Crippen molar-refractivity contribution >= 4 is 15.9 Å². The van der Waals surface area contributed by atoms with Crippen molar-refractivity contribution in [3.05, 3.63) is 29.8 Å². The Morgan fingerprint density at radius 3 is 2.65 bits per heavy atom. The van der Waals surface area contributed by atoms with Crippen LogP contribution in [0, 0.1) is 12.8 Å². The second-order valence-corrected chi connectivity index (χ2v) is 9.02. The first kappa shape index (κ1) is 20.9. The highest BCUT2D eigenvalue weighted by Gasteiger charge is 2.33. The maximum Gasteiger partial charge on any atom is 0.243 e. The van der Waals surface area contributed by atoms with Gasteiger partial charge >= 0.3 is 0 Å². The quantitative estimate of drug-likeness (QED) is 0.700. The molecular weight excluding hydrogens is 352 g/mol. The SMILES string of the molecule is Cc1ccc(S(=O)(=O)N2CCC[C@@H](C(=O)NCCCOC(C)C)C2)cc1. The molecule has 0 radical (unpaired) electrons. The highest BCUT2D eigenvalue weighted by molar-refractivity contribution is 7.89. The van der Waals surface area contributed by atoms with Crippen LogP contribution in [0.25, 0.3) is 0 Å². The van der Waals surface area contributed by atoms with Crippen molar-refractivity contribution in [1.29, 1.82) is 0 Å². The minimum Gasteiger partial charge on any atom is -0.379 e. The Kier molecular flexibility index (Phi) is 7.61. The average Bonchev–Trinajstić information content (AvgIpc) is 2.61. The molecule has 1 amide bonds. The minimum absolute atomic E-state index is 0.0710. The van der Waals surface area contributed by atoms with Crippen LogP contribution in [0.4, 0.5) is 0 Å². The lowest BCUT2D eigenvalue weighted by molar-refractivity contribution is -0.126. The number of rotatable bonds is 8. The van der Waals surface area contributed by atoms with E-state index < -0.39 is 10.0 Å². The maximum atomic E-state index is 12.8. The molecule has 1 fully saturated rings. The predicted molar refractivity (Wildman–Crippen MR) is 101 cm³/mol. The summed E-state index contributed by atoms with van der Waals surface area (Å²) >= 11 is 0. The number of hydrogen-bond donors (Lipinski definition) is 1. The molecule has 0 aromatic heterocycles. The lowest BCUT2D eigenvalue weighted by atomic mass is 9.99. The highest BCUT2D eigenvalue weighted by Crippen LogP contribution is 2.24. The summed E-state index contributed by atoms with van der Waals surface area (Å²) in [7, 11) is -3.55. The second kappa shape index (κ2) is 9.48. The van der Waals surface area contributed by atoms with Crippen molar-refractivity contribution in [2.75, 3.05) is 26.2 Å². The molecule has 1 aliphatic heterocycles. The Hall–Kier alpha value is -1.44. The molecule has 6 nitrogen and oxygen atoms in total. The minimum atomic E-state index is -3.55. The van der Waals surface area contributed by atoms with Crippen LogP contribution in [0.15, 0.2) is 29.2 Å². The van der Waals surface area contributed by atoms with Crippen LogP contribution in [0.2, 0.25) is 0 Å². The molecule has 1 aliphatic rings. The van der Waals surface area contributed by atoms with Crippen LogP contribution in [0.3, 0.4) is 0 Å². The number of nitrogens with zero attached hydrogens (tertiary/aromatic N) is 1. The van der Waals surface area contributed by atoms with E-state index in [0.29, 0.717) is 32.5 Å². The van der Waals surface area contributed by atoms with Gasteiger partial charge in [0, 0.05) is 26.2 Å². The van der Waals surface area contributed by atoms with Gasteiger partial charge in [-0.2, -0.15) is 4.31 Å². The molecule has 146 valence electrons. The molecule has 2 rings (SSSR count). The van der Waals surface area contributed by atoms with Gasteiger partial charge < -0.3 is 10.1 Å². The van der Waals surface area contributed by atoms with Crippen molar-refractivity contribution < 1.29 is 17.9 Å². The van der Waals surface area contributed by atoms with Crippen LogP contribution in [-0.2, 0) is 19.6 Å². The Balaban J connectivity index is 1.89. The van der Waals surface area contributed by atoms with Gasteiger partial charge in [-0.1, -0.05) is 17.7 Å². The first-order valence-electron chi connectivity index (χ1n) is 9.27. The van der Waals surface area contributed by atoms with E-state index in [1.807, 2.05) is 20.8 Å². The van der Waals surface area contributed by atoms with Crippen LogP contribution < -0.4 is 5.32 Å². The van der Waals surface area contributed by atoms with Crippen LogP contribution in [0.1, 0.15) is 38.7 Å². The number of nitrogens with one attached hydrogen (secondary N) is 1. The number of aryl methyl sites for hydroxylation is 1. The van der Waals surface area contributed by atoms with Gasteiger partial charge in [-0.25, -0.2) is 8.42 Å². The molecule has 1 heterocycles. The number of carbonyl (C=O) groups excluding carboxylic acids is 1. The lowest BCUT2D eigenvalue weighted by Gasteiger charge is -2.31. The summed E-state index contributed by atoms with van der Waals surface area (Å²) in [4.78, 5) is 12.7. The summed E-state index contributed by atoms with van der Waals surface area (Å²) in [5.41, 5.74) is 1.02. The number of sulfonamides is 1. The van der Waals surface area contributed by atoms with Gasteiger partial charge in [0.25, 0.3) is 0 Å². The third-order valence-corrected chi connectivity index (χ3v) is 6.36. The number of carbonyl (C=O) groups is 1. The fraction of sp³-hybridized carbons (Fsp3) is 0.632. The fourth-order valence-electron chi connectivity index (χ4n) is 2.98. The van der Waals surface area contributed by atoms with Crippen molar-refractivity contribution in [2.24, 2.45) is 5.92 Å². The number of ether oxygens (including phenoxy) is 1. The third kappa shape index (κ3) is 5.79. The monoisotopic (exact) mass is 382 g/mol. The molecule has 0 unspecified atom stereocenters. The average molecular weight is 383 g/mol. The van der Waals surface area contributed by atoms with Gasteiger partial charge in [-0.3, -0.25) is 4.79 Å². The Bertz CT molecular complexity index is 686. The van der Waals surface area contributed by atoms with E-state index in [4.69, 9.17) is 4.74 Å². The molecule has 1 aromatic rings. The van der Waals surface area contributed by atoms with E-state index in [1.54, 1.807) is 24.3 Å². The van der Waals surface area contributed by atoms with Crippen molar-refractivity contribution in [3.63, 3.8) is 0 Å². The van der Waals surface area contributed by atoms with Crippen LogP contribution in [0.5, 0.6) is 0 Å². The highest BCUT2D eigenvalue weighted by atomic mass is 32.2. The first-order valence-corrected chi connectivity index (χ1v) is 10.7. The standard InChI is InChI=1S/C19H30N2O4S/c1-15(2)25-13-5-11-20-19(22)17-6-4-12-21(14-17)26(23,24)18-9-7-16(3)8-10-18/h7-10,15,17H,4-6,11-14H2,1-3H3,(H,20,22)/t17-/m1/s1. The van der Waals surface area contributed by atoms with E-state index in [0.717, 1.165) is 12.0 Å². The van der Waals surface area contributed by atoms with E-state index in [1.165, 1.54) is 4.31 Å². The van der Waals surface area contributed by atoms with E-state index >= 15 is 0 Å². The molecule has 0 aliphatic carbocycles. The zero-order valence-electron chi connectivity index (χ0n) is 15.9. The zero-order chi connectivity index (χ0) is 19.2. The Labute approximate surface area is 157 Å². The maximum absolute atomic E-state index is 12.8. The van der Waals surface area contributed by atoms with Gasteiger partial charge in [0.1, 0.15) is 0 Å². The van der Waals surface area contributed by atoms with Crippen LogP contribution >= 0.6 is 0 Å². The molecular formula is C19H30N2O4S. The molecule has 1 N–H and O–H groups in total. The normalized spacial score (nSPS) is 18.8. The lowest BCUT2D eigenvalue weighted by Crippen LogP contribution is -2.45. The molecule has 1 aromatic carbocycles. The largest absolute Gasteiger partial charge is 0.379 e. The van der Waals surface area contributed by atoms with Gasteiger partial charge in [-0.05, 0) is 52.2 Å². The topological polar surface area (TPSA) is 75.7 Å². The van der Waals surface area contributed by atoms with Gasteiger partial charge in [0.05, 0.1) is 16.9 Å². The smallest absolute Gasteiger partial charge is 0.243 e. The summed E-state index contributed by atoms with van der Waals surface area (Å²) in [6.07, 6.45) is 2.35. The molecule has 7 heteroatoms. The van der Waals surface area contributed by atoms with Crippen molar-refractivity contribution in [3.8, 4) is 0 Å². The van der Waals surface area contributed by atoms with Gasteiger partial charge in [-0.15, -0.1) is 0 Å². The second-order valence-electron chi connectivity index (χ2n) is 7.08. The number of hydrogen-bond acceptors (Lipinski definition) is 4. The zero-order valence-corrected chi connectivity index (χ0v) is 16.7. The molecule has 0 saturated carbocycles. The Morgan fingerprint density at radius 1 is 1.31 bits per heavy atom. The summed E-state index contributed by atoms with van der Waals surface area (Å²) in [6.45, 7) is 7.73. The summed E-state index contributed by atoms with van der Waals surface area (Å²) in [6, 6.07) is 6.84. The summed E-state index contributed by atoms with van der Waals surface area (Å²) in [5.74, 6) is -0.367. The number of amides is 1. The molecule has 26 heavy (non-hydrogen) atoms. The molecule has 0 bridgehead atoms. The van der Waals surface area contributed by atoms with E-state index in [-0.39, 0.29) is 29.4 Å². The third-order valence-electron chi connectivity index (χ3n) is 4.49. The van der Waals surface area contributed by atoms with Crippen LogP contribution in [-0.4, -0.2) is 51.0 Å². The molecule has 1 atom stereocenters. The fourth-order valence-corrected chi connectivity index (χ4v) is 4.50. The number of piperidine rings is 1.